The first-order chi connectivity index (χ1) is 38.7. The predicted octanol–water partition coefficient (Wildman–Crippen LogP) is 21.1. The third-order valence-electron chi connectivity index (χ3n) is 16.3. The van der Waals surface area contributed by atoms with E-state index >= 15 is 0 Å². The number of fused-ring (bicyclic) bond motifs is 4. The summed E-state index contributed by atoms with van der Waals surface area (Å²) in [5.41, 5.74) is 21.3. The number of hydrogen-bond donors (Lipinski definition) is 0. The van der Waals surface area contributed by atoms with Crippen LogP contribution in [0.4, 0.5) is 22.7 Å². The molecule has 0 amide bonds. The molecule has 0 aliphatic carbocycles. The highest BCUT2D eigenvalue weighted by Gasteiger charge is 2.33. The highest BCUT2D eigenvalue weighted by molar-refractivity contribution is 6.09. The Morgan fingerprint density at radius 3 is 1.53 bits per heavy atom. The van der Waals surface area contributed by atoms with Crippen LogP contribution < -0.4 is 14.5 Å². The Balaban J connectivity index is 0.933. The Kier molecular flexibility index (Phi) is 13.2. The topological polar surface area (TPSA) is 33.5 Å². The van der Waals surface area contributed by atoms with Crippen molar-refractivity contribution < 1.29 is 4.74 Å². The minimum Gasteiger partial charge on any atom is -0.457 e. The van der Waals surface area contributed by atoms with Gasteiger partial charge in [-0.05, 0) is 132 Å². The average Bonchev–Trinajstić information content (AvgIpc) is 4.06. The molecule has 2 aromatic heterocycles. The van der Waals surface area contributed by atoms with Gasteiger partial charge in [0.2, 0.25) is 0 Å². The van der Waals surface area contributed by atoms with Crippen LogP contribution in [0.15, 0.2) is 219 Å². The van der Waals surface area contributed by atoms with Gasteiger partial charge in [-0.1, -0.05) is 223 Å². The van der Waals surface area contributed by atoms with E-state index in [0.29, 0.717) is 6.67 Å². The standard InChI is InChI=1S/C76H74N4O/c1-73(2,3)54-38-40-59(65(44-54)75(7,8)9)52-34-36-53(37-35-52)63-43-55(74(4,5)6)42-62(50-24-15-13-16-25-50)72(63)79-49-78(68-32-21-22-33-69(68)79)56-28-23-29-57(45-56)81-58-39-41-61-60-30-19-20-31-67(60)80(70(61)46-58)71-47-66(76(10,11)12)64(48-77-71)51-26-17-14-18-27-51/h13-48H,49H2,1-12H3. The maximum atomic E-state index is 6.94. The smallest absolute Gasteiger partial charge is 0.137 e. The first-order valence-electron chi connectivity index (χ1n) is 28.7. The Morgan fingerprint density at radius 1 is 0.370 bits per heavy atom. The minimum absolute atomic E-state index is 0.0302. The van der Waals surface area contributed by atoms with E-state index in [1.807, 2.05) is 6.20 Å². The first kappa shape index (κ1) is 53.0. The number of para-hydroxylation sites is 3. The van der Waals surface area contributed by atoms with E-state index in [4.69, 9.17) is 9.72 Å². The minimum atomic E-state index is -0.124. The van der Waals surface area contributed by atoms with E-state index in [0.717, 1.165) is 61.9 Å². The Bertz CT molecular complexity index is 4140. The fourth-order valence-corrected chi connectivity index (χ4v) is 11.9. The van der Waals surface area contributed by atoms with Gasteiger partial charge in [0.25, 0.3) is 0 Å². The van der Waals surface area contributed by atoms with Crippen molar-refractivity contribution in [3.8, 4) is 61.8 Å². The van der Waals surface area contributed by atoms with Gasteiger partial charge in [-0.15, -0.1) is 0 Å². The molecule has 0 saturated heterocycles. The van der Waals surface area contributed by atoms with Crippen LogP contribution in [-0.4, -0.2) is 16.2 Å². The second-order valence-electron chi connectivity index (χ2n) is 26.2. The molecule has 0 unspecified atom stereocenters. The number of anilines is 4. The molecule has 81 heavy (non-hydrogen) atoms. The molecule has 0 atom stereocenters. The summed E-state index contributed by atoms with van der Waals surface area (Å²) in [4.78, 5) is 10.1. The summed E-state index contributed by atoms with van der Waals surface area (Å²) in [6.07, 6.45) is 2.05. The van der Waals surface area contributed by atoms with Crippen molar-refractivity contribution >= 4 is 44.6 Å². The van der Waals surface area contributed by atoms with Crippen molar-refractivity contribution in [1.29, 1.82) is 0 Å². The molecule has 0 bridgehead atoms. The lowest BCUT2D eigenvalue weighted by molar-refractivity contribution is 0.483. The zero-order valence-electron chi connectivity index (χ0n) is 49.2. The Labute approximate surface area is 480 Å². The predicted molar refractivity (Wildman–Crippen MR) is 344 cm³/mol. The van der Waals surface area contributed by atoms with Gasteiger partial charge in [-0.2, -0.15) is 0 Å². The number of benzene rings is 9. The second-order valence-corrected chi connectivity index (χ2v) is 26.2. The maximum Gasteiger partial charge on any atom is 0.137 e. The lowest BCUT2D eigenvalue weighted by atomic mass is 9.77. The van der Waals surface area contributed by atoms with Gasteiger partial charge in [0.15, 0.2) is 0 Å². The van der Waals surface area contributed by atoms with E-state index in [-0.39, 0.29) is 21.7 Å². The van der Waals surface area contributed by atoms with Gasteiger partial charge < -0.3 is 14.5 Å². The van der Waals surface area contributed by atoms with Crippen LogP contribution in [-0.2, 0) is 21.7 Å². The number of hydrogen-bond acceptors (Lipinski definition) is 4. The fourth-order valence-electron chi connectivity index (χ4n) is 11.9. The van der Waals surface area contributed by atoms with E-state index in [2.05, 4.69) is 310 Å². The molecule has 404 valence electrons. The van der Waals surface area contributed by atoms with Gasteiger partial charge in [-0.3, -0.25) is 4.57 Å². The molecule has 0 fully saturated rings. The molecule has 0 spiro atoms. The van der Waals surface area contributed by atoms with Crippen LogP contribution in [0.2, 0.25) is 0 Å². The number of nitrogens with zero attached hydrogens (tertiary/aromatic N) is 4. The zero-order chi connectivity index (χ0) is 56.6. The molecule has 3 heterocycles. The highest BCUT2D eigenvalue weighted by Crippen LogP contribution is 2.52. The largest absolute Gasteiger partial charge is 0.457 e. The molecule has 1 aliphatic rings. The van der Waals surface area contributed by atoms with Gasteiger partial charge in [0, 0.05) is 51.5 Å². The first-order valence-corrected chi connectivity index (χ1v) is 28.7. The van der Waals surface area contributed by atoms with Crippen molar-refractivity contribution in [2.75, 3.05) is 16.5 Å². The van der Waals surface area contributed by atoms with Crippen LogP contribution in [0.5, 0.6) is 11.5 Å². The molecule has 1 aliphatic heterocycles. The van der Waals surface area contributed by atoms with Crippen LogP contribution in [0, 0.1) is 0 Å². The second kappa shape index (κ2) is 20.1. The van der Waals surface area contributed by atoms with Crippen molar-refractivity contribution in [1.82, 2.24) is 9.55 Å². The SMILES string of the molecule is CC(C)(C)c1cc(-c2ccccc2)c(N2CN(c3cccc(Oc4ccc5c6ccccc6n(-c6cc(C(C)(C)C)c(-c7ccccc7)cn6)c5c4)c3)c3ccccc32)c(-c2ccc(-c3ccc(C(C)(C)C)cc3C(C)(C)C)cc2)c1. The summed E-state index contributed by atoms with van der Waals surface area (Å²) < 4.78 is 9.23. The third kappa shape index (κ3) is 10.1. The van der Waals surface area contributed by atoms with Crippen molar-refractivity contribution in [3.63, 3.8) is 0 Å². The van der Waals surface area contributed by atoms with E-state index in [1.54, 1.807) is 0 Å². The lowest BCUT2D eigenvalue weighted by Gasteiger charge is -2.30. The van der Waals surface area contributed by atoms with Gasteiger partial charge >= 0.3 is 0 Å². The molecule has 0 N–H and O–H groups in total. The number of aromatic nitrogens is 2. The van der Waals surface area contributed by atoms with E-state index < -0.39 is 0 Å². The quantitative estimate of drug-likeness (QED) is 0.144. The van der Waals surface area contributed by atoms with Crippen molar-refractivity contribution in [3.05, 3.63) is 241 Å². The van der Waals surface area contributed by atoms with E-state index in [9.17, 15) is 0 Å². The number of pyridine rings is 1. The van der Waals surface area contributed by atoms with Gasteiger partial charge in [-0.25, -0.2) is 4.98 Å². The summed E-state index contributed by atoms with van der Waals surface area (Å²) >= 11 is 0. The molecular weight excluding hydrogens is 985 g/mol. The van der Waals surface area contributed by atoms with Crippen LogP contribution in [0.1, 0.15) is 105 Å². The fraction of sp³-hybridized carbons (Fsp3) is 0.224. The average molecular weight is 1060 g/mol. The van der Waals surface area contributed by atoms with Crippen molar-refractivity contribution in [2.45, 2.75) is 105 Å². The van der Waals surface area contributed by atoms with Gasteiger partial charge in [0.05, 0.1) is 28.1 Å². The summed E-state index contributed by atoms with van der Waals surface area (Å²) in [5.74, 6) is 2.39. The molecule has 12 rings (SSSR count). The molecule has 9 aromatic carbocycles. The molecule has 0 radical (unpaired) electrons. The third-order valence-corrected chi connectivity index (χ3v) is 16.3. The highest BCUT2D eigenvalue weighted by atomic mass is 16.5. The summed E-state index contributed by atoms with van der Waals surface area (Å²) in [5, 5.41) is 2.32. The summed E-state index contributed by atoms with van der Waals surface area (Å²) in [7, 11) is 0. The Hall–Kier alpha value is -8.67. The lowest BCUT2D eigenvalue weighted by Crippen LogP contribution is -2.25. The van der Waals surface area contributed by atoms with Crippen LogP contribution in [0.3, 0.4) is 0 Å². The molecule has 0 saturated carbocycles. The van der Waals surface area contributed by atoms with Crippen molar-refractivity contribution in [2.24, 2.45) is 0 Å². The number of rotatable bonds is 9. The molecular formula is C76H74N4O. The zero-order valence-corrected chi connectivity index (χ0v) is 49.2. The monoisotopic (exact) mass is 1060 g/mol. The van der Waals surface area contributed by atoms with Gasteiger partial charge in [0.1, 0.15) is 24.0 Å². The number of ether oxygens (including phenoxy) is 1. The van der Waals surface area contributed by atoms with Crippen LogP contribution >= 0.6 is 0 Å². The maximum absolute atomic E-state index is 6.94. The summed E-state index contributed by atoms with van der Waals surface area (Å²) in [6, 6.07) is 77.6. The van der Waals surface area contributed by atoms with E-state index in [1.165, 1.54) is 66.7 Å². The Morgan fingerprint density at radius 2 is 0.901 bits per heavy atom. The summed E-state index contributed by atoms with van der Waals surface area (Å²) in [6.45, 7) is 28.3. The van der Waals surface area contributed by atoms with Crippen LogP contribution in [0.25, 0.3) is 72.1 Å². The molecule has 5 nitrogen and oxygen atoms in total. The molecule has 5 heteroatoms. The normalized spacial score (nSPS) is 13.1. The molecule has 11 aromatic rings.